The maximum Gasteiger partial charge on any atom is 0.149 e. The lowest BCUT2D eigenvalue weighted by atomic mass is 10.1. The van der Waals surface area contributed by atoms with Gasteiger partial charge in [-0.05, 0) is 18.6 Å². The Balaban J connectivity index is 2.88. The minimum Gasteiger partial charge on any atom is -0.271 e. The first-order valence-electron chi connectivity index (χ1n) is 4.49. The molecule has 1 unspecified atom stereocenters. The number of aromatic nitrogens is 1. The summed E-state index contributed by atoms with van der Waals surface area (Å²) in [5.74, 6) is 5.27. The van der Waals surface area contributed by atoms with Crippen molar-refractivity contribution >= 4 is 9.84 Å². The van der Waals surface area contributed by atoms with Gasteiger partial charge in [-0.3, -0.25) is 16.3 Å². The molecule has 15 heavy (non-hydrogen) atoms. The van der Waals surface area contributed by atoms with Crippen molar-refractivity contribution < 1.29 is 8.42 Å². The third kappa shape index (κ3) is 3.94. The van der Waals surface area contributed by atoms with E-state index in [1.165, 1.54) is 6.26 Å². The summed E-state index contributed by atoms with van der Waals surface area (Å²) in [5, 5.41) is 0. The van der Waals surface area contributed by atoms with Gasteiger partial charge < -0.3 is 0 Å². The fourth-order valence-corrected chi connectivity index (χ4v) is 2.12. The van der Waals surface area contributed by atoms with Crippen LogP contribution in [0.25, 0.3) is 0 Å². The van der Waals surface area contributed by atoms with E-state index in [1.54, 1.807) is 6.20 Å². The Labute approximate surface area is 89.6 Å². The van der Waals surface area contributed by atoms with Crippen LogP contribution in [-0.4, -0.2) is 25.4 Å². The van der Waals surface area contributed by atoms with Gasteiger partial charge >= 0.3 is 0 Å². The van der Waals surface area contributed by atoms with Crippen molar-refractivity contribution in [3.8, 4) is 0 Å². The van der Waals surface area contributed by atoms with Gasteiger partial charge in [-0.1, -0.05) is 6.07 Å². The van der Waals surface area contributed by atoms with Gasteiger partial charge in [0.25, 0.3) is 0 Å². The van der Waals surface area contributed by atoms with Gasteiger partial charge in [0.2, 0.25) is 0 Å². The summed E-state index contributed by atoms with van der Waals surface area (Å²) < 4.78 is 22.2. The Hall–Kier alpha value is -0.980. The number of hydrogen-bond donors (Lipinski definition) is 2. The van der Waals surface area contributed by atoms with Crippen molar-refractivity contribution in [2.24, 2.45) is 5.84 Å². The Kier molecular flexibility index (Phi) is 3.78. The van der Waals surface area contributed by atoms with Gasteiger partial charge in [-0.15, -0.1) is 0 Å². The van der Waals surface area contributed by atoms with Crippen molar-refractivity contribution in [1.82, 2.24) is 10.4 Å². The molecule has 0 saturated heterocycles. The molecular weight excluding hydrogens is 214 g/mol. The van der Waals surface area contributed by atoms with E-state index in [0.29, 0.717) is 0 Å². The van der Waals surface area contributed by atoms with Crippen LogP contribution in [0.5, 0.6) is 0 Å². The molecule has 0 aliphatic rings. The largest absolute Gasteiger partial charge is 0.271 e. The zero-order chi connectivity index (χ0) is 11.5. The molecule has 1 aromatic rings. The Morgan fingerprint density at radius 3 is 2.60 bits per heavy atom. The lowest BCUT2D eigenvalue weighted by Crippen LogP contribution is -2.33. The molecule has 3 N–H and O–H groups in total. The molecule has 1 heterocycles. The summed E-state index contributed by atoms with van der Waals surface area (Å²) in [6, 6.07) is 3.23. The normalized spacial score (nSPS) is 13.8. The van der Waals surface area contributed by atoms with Crippen LogP contribution in [0.1, 0.15) is 17.3 Å². The third-order valence-corrected chi connectivity index (χ3v) is 2.95. The van der Waals surface area contributed by atoms with Gasteiger partial charge in [0.05, 0.1) is 11.8 Å². The zero-order valence-corrected chi connectivity index (χ0v) is 9.58. The van der Waals surface area contributed by atoms with Crippen LogP contribution < -0.4 is 11.3 Å². The van der Waals surface area contributed by atoms with Crippen molar-refractivity contribution in [3.63, 3.8) is 0 Å². The number of pyridine rings is 1. The first-order valence-corrected chi connectivity index (χ1v) is 6.55. The fraction of sp³-hybridized carbons (Fsp3) is 0.444. The summed E-state index contributed by atoms with van der Waals surface area (Å²) in [6.07, 6.45) is 2.81. The van der Waals surface area contributed by atoms with E-state index >= 15 is 0 Å². The maximum absolute atomic E-state index is 11.1. The van der Waals surface area contributed by atoms with Gasteiger partial charge in [-0.25, -0.2) is 8.42 Å². The number of rotatable bonds is 4. The Morgan fingerprint density at radius 2 is 2.20 bits per heavy atom. The second-order valence-electron chi connectivity index (χ2n) is 3.54. The van der Waals surface area contributed by atoms with Crippen LogP contribution in [0.4, 0.5) is 0 Å². The molecule has 0 aliphatic heterocycles. The van der Waals surface area contributed by atoms with E-state index in [2.05, 4.69) is 10.4 Å². The molecule has 0 bridgehead atoms. The summed E-state index contributed by atoms with van der Waals surface area (Å²) in [7, 11) is -3.06. The summed E-state index contributed by atoms with van der Waals surface area (Å²) in [5.41, 5.74) is 4.13. The summed E-state index contributed by atoms with van der Waals surface area (Å²) >= 11 is 0. The van der Waals surface area contributed by atoms with E-state index < -0.39 is 15.9 Å². The number of sulfone groups is 1. The van der Waals surface area contributed by atoms with Crippen LogP contribution in [-0.2, 0) is 9.84 Å². The van der Waals surface area contributed by atoms with Gasteiger partial charge in [0.15, 0.2) is 0 Å². The molecule has 0 spiro atoms. The first kappa shape index (κ1) is 12.1. The van der Waals surface area contributed by atoms with Gasteiger partial charge in [0.1, 0.15) is 9.84 Å². The molecule has 0 aliphatic carbocycles. The predicted molar refractivity (Wildman–Crippen MR) is 58.7 cm³/mol. The molecule has 0 amide bonds. The Bertz CT molecular complexity index is 413. The molecule has 0 fully saturated rings. The van der Waals surface area contributed by atoms with E-state index in [-0.39, 0.29) is 5.75 Å². The smallest absolute Gasteiger partial charge is 0.149 e. The number of nitrogens with one attached hydrogen (secondary N) is 1. The SMILES string of the molecule is Cc1ccc(C(CS(C)(=O)=O)NN)cn1. The van der Waals surface area contributed by atoms with Crippen LogP contribution in [0.3, 0.4) is 0 Å². The van der Waals surface area contributed by atoms with Crippen molar-refractivity contribution in [2.75, 3.05) is 12.0 Å². The van der Waals surface area contributed by atoms with Crippen molar-refractivity contribution in [3.05, 3.63) is 29.6 Å². The van der Waals surface area contributed by atoms with E-state index in [0.717, 1.165) is 11.3 Å². The topological polar surface area (TPSA) is 85.1 Å². The van der Waals surface area contributed by atoms with Gasteiger partial charge in [0, 0.05) is 18.1 Å². The Morgan fingerprint density at radius 1 is 1.53 bits per heavy atom. The van der Waals surface area contributed by atoms with Crippen LogP contribution in [0.2, 0.25) is 0 Å². The van der Waals surface area contributed by atoms with E-state index in [9.17, 15) is 8.42 Å². The minimum absolute atomic E-state index is 0.0335. The van der Waals surface area contributed by atoms with Crippen LogP contribution >= 0.6 is 0 Å². The lowest BCUT2D eigenvalue weighted by Gasteiger charge is -2.14. The standard InChI is InChI=1S/C9H15N3O2S/c1-7-3-4-8(5-11-7)9(12-10)6-15(2,13)14/h3-5,9,12H,6,10H2,1-2H3. The van der Waals surface area contributed by atoms with E-state index in [4.69, 9.17) is 5.84 Å². The monoisotopic (exact) mass is 229 g/mol. The number of hydrogen-bond acceptors (Lipinski definition) is 5. The molecule has 1 atom stereocenters. The fourth-order valence-electron chi connectivity index (χ4n) is 1.23. The average molecular weight is 229 g/mol. The molecule has 6 heteroatoms. The molecular formula is C9H15N3O2S. The van der Waals surface area contributed by atoms with E-state index in [1.807, 2.05) is 19.1 Å². The second-order valence-corrected chi connectivity index (χ2v) is 5.73. The van der Waals surface area contributed by atoms with Crippen LogP contribution in [0, 0.1) is 6.92 Å². The minimum atomic E-state index is -3.06. The number of nitrogens with two attached hydrogens (primary N) is 1. The highest BCUT2D eigenvalue weighted by Gasteiger charge is 2.15. The van der Waals surface area contributed by atoms with Crippen molar-refractivity contribution in [2.45, 2.75) is 13.0 Å². The number of hydrazine groups is 1. The molecule has 0 aromatic carbocycles. The lowest BCUT2D eigenvalue weighted by molar-refractivity contribution is 0.563. The molecule has 5 nitrogen and oxygen atoms in total. The number of aryl methyl sites for hydroxylation is 1. The molecule has 1 aromatic heterocycles. The molecule has 0 saturated carbocycles. The first-order chi connectivity index (χ1) is 6.92. The highest BCUT2D eigenvalue weighted by Crippen LogP contribution is 2.12. The predicted octanol–water partition coefficient (Wildman–Crippen LogP) is -0.0610. The molecule has 0 radical (unpaired) electrons. The second kappa shape index (κ2) is 4.69. The summed E-state index contributed by atoms with van der Waals surface area (Å²) in [4.78, 5) is 4.09. The maximum atomic E-state index is 11.1. The van der Waals surface area contributed by atoms with Crippen LogP contribution in [0.15, 0.2) is 18.3 Å². The zero-order valence-electron chi connectivity index (χ0n) is 8.77. The quantitative estimate of drug-likeness (QED) is 0.558. The highest BCUT2D eigenvalue weighted by atomic mass is 32.2. The number of nitrogens with zero attached hydrogens (tertiary/aromatic N) is 1. The summed E-state index contributed by atoms with van der Waals surface area (Å²) in [6.45, 7) is 1.87. The van der Waals surface area contributed by atoms with Gasteiger partial charge in [-0.2, -0.15) is 0 Å². The average Bonchev–Trinajstić information content (AvgIpc) is 2.14. The molecule has 1 rings (SSSR count). The third-order valence-electron chi connectivity index (χ3n) is 2.01. The highest BCUT2D eigenvalue weighted by molar-refractivity contribution is 7.90. The molecule has 84 valence electrons. The van der Waals surface area contributed by atoms with Crippen molar-refractivity contribution in [1.29, 1.82) is 0 Å².